The van der Waals surface area contributed by atoms with Gasteiger partial charge in [-0.25, -0.2) is 4.79 Å². The largest absolute Gasteiger partial charge is 0.489 e. The molecule has 0 saturated carbocycles. The molecule has 1 aromatic heterocycles. The van der Waals surface area contributed by atoms with Crippen LogP contribution in [-0.2, 0) is 17.9 Å². The number of rotatable bonds is 7. The van der Waals surface area contributed by atoms with Crippen LogP contribution in [0.15, 0.2) is 71.3 Å². The second kappa shape index (κ2) is 9.29. The van der Waals surface area contributed by atoms with Gasteiger partial charge in [-0.2, -0.15) is 5.26 Å². The molecular weight excluding hydrogens is 380 g/mol. The number of ether oxygens (including phenoxy) is 2. The molecule has 152 valence electrons. The molecule has 30 heavy (non-hydrogen) atoms. The van der Waals surface area contributed by atoms with E-state index in [0.29, 0.717) is 23.4 Å². The van der Waals surface area contributed by atoms with Gasteiger partial charge >= 0.3 is 5.97 Å². The smallest absolute Gasteiger partial charge is 0.374 e. The summed E-state index contributed by atoms with van der Waals surface area (Å²) in [6, 6.07) is 20.9. The fraction of sp³-hybridized carbons (Fsp3) is 0.250. The van der Waals surface area contributed by atoms with Crippen molar-refractivity contribution in [1.29, 1.82) is 5.26 Å². The van der Waals surface area contributed by atoms with Crippen molar-refractivity contribution in [3.05, 3.63) is 89.4 Å². The van der Waals surface area contributed by atoms with Crippen molar-refractivity contribution >= 4 is 5.97 Å². The molecule has 6 nitrogen and oxygen atoms in total. The third-order valence-electron chi connectivity index (χ3n) is 5.04. The van der Waals surface area contributed by atoms with Crippen LogP contribution in [0.4, 0.5) is 0 Å². The number of hydrogen-bond acceptors (Lipinski definition) is 6. The molecule has 0 N–H and O–H groups in total. The van der Waals surface area contributed by atoms with Gasteiger partial charge in [-0.15, -0.1) is 0 Å². The van der Waals surface area contributed by atoms with Gasteiger partial charge in [-0.1, -0.05) is 36.4 Å². The van der Waals surface area contributed by atoms with E-state index in [9.17, 15) is 4.79 Å². The van der Waals surface area contributed by atoms with Gasteiger partial charge in [0.15, 0.2) is 0 Å². The Hall–Kier alpha value is -3.56. The van der Waals surface area contributed by atoms with Gasteiger partial charge in [-0.05, 0) is 36.2 Å². The SMILES string of the molecule is N#Cc1cccc(OCc2ccoc2C(=O)O[C@@H]2CCN(Cc3ccccc3)C2)c1. The Labute approximate surface area is 175 Å². The quantitative estimate of drug-likeness (QED) is 0.553. The Kier molecular flexibility index (Phi) is 6.11. The van der Waals surface area contributed by atoms with Crippen molar-refractivity contribution in [2.75, 3.05) is 13.1 Å². The van der Waals surface area contributed by atoms with E-state index in [1.54, 1.807) is 30.3 Å². The lowest BCUT2D eigenvalue weighted by Crippen LogP contribution is -2.25. The zero-order chi connectivity index (χ0) is 20.8. The van der Waals surface area contributed by atoms with Gasteiger partial charge in [-0.3, -0.25) is 4.90 Å². The summed E-state index contributed by atoms with van der Waals surface area (Å²) in [5.74, 6) is 0.241. The molecule has 0 unspecified atom stereocenters. The molecule has 1 atom stereocenters. The van der Waals surface area contributed by atoms with Crippen molar-refractivity contribution < 1.29 is 18.7 Å². The van der Waals surface area contributed by atoms with E-state index in [0.717, 1.165) is 19.5 Å². The third-order valence-corrected chi connectivity index (χ3v) is 5.04. The zero-order valence-electron chi connectivity index (χ0n) is 16.5. The predicted molar refractivity (Wildman–Crippen MR) is 110 cm³/mol. The van der Waals surface area contributed by atoms with Crippen LogP contribution in [0, 0.1) is 11.3 Å². The molecular formula is C24H22N2O4. The Morgan fingerprint density at radius 1 is 1.17 bits per heavy atom. The minimum Gasteiger partial charge on any atom is -0.489 e. The van der Waals surface area contributed by atoms with Crippen LogP contribution in [-0.4, -0.2) is 30.1 Å². The van der Waals surface area contributed by atoms with E-state index in [2.05, 4.69) is 23.1 Å². The van der Waals surface area contributed by atoms with E-state index >= 15 is 0 Å². The first-order valence-corrected chi connectivity index (χ1v) is 9.88. The molecule has 3 aromatic rings. The zero-order valence-corrected chi connectivity index (χ0v) is 16.5. The summed E-state index contributed by atoms with van der Waals surface area (Å²) in [6.45, 7) is 2.58. The Morgan fingerprint density at radius 3 is 2.87 bits per heavy atom. The molecule has 0 bridgehead atoms. The van der Waals surface area contributed by atoms with Crippen LogP contribution < -0.4 is 4.74 Å². The summed E-state index contributed by atoms with van der Waals surface area (Å²) in [7, 11) is 0. The summed E-state index contributed by atoms with van der Waals surface area (Å²) >= 11 is 0. The number of nitriles is 1. The van der Waals surface area contributed by atoms with Gasteiger partial charge in [0, 0.05) is 25.2 Å². The molecule has 0 amide bonds. The molecule has 0 aliphatic carbocycles. The highest BCUT2D eigenvalue weighted by molar-refractivity contribution is 5.88. The van der Waals surface area contributed by atoms with Crippen LogP contribution in [0.2, 0.25) is 0 Å². The standard InChI is InChI=1S/C24H22N2O4/c25-14-19-7-4-8-21(13-19)29-17-20-10-12-28-23(20)24(27)30-22-9-11-26(16-22)15-18-5-2-1-3-6-18/h1-8,10,12-13,22H,9,11,15-17H2/t22-/m1/s1. The molecule has 1 saturated heterocycles. The average Bonchev–Trinajstić information content (AvgIpc) is 3.42. The topological polar surface area (TPSA) is 75.7 Å². The summed E-state index contributed by atoms with van der Waals surface area (Å²) < 4.78 is 16.8. The second-order valence-electron chi connectivity index (χ2n) is 7.24. The summed E-state index contributed by atoms with van der Waals surface area (Å²) in [5.41, 5.74) is 2.37. The van der Waals surface area contributed by atoms with Gasteiger partial charge in [0.05, 0.1) is 17.9 Å². The second-order valence-corrected chi connectivity index (χ2v) is 7.24. The predicted octanol–water partition coefficient (Wildman–Crippen LogP) is 4.16. The van der Waals surface area contributed by atoms with Crippen LogP contribution in [0.3, 0.4) is 0 Å². The number of furan rings is 1. The van der Waals surface area contributed by atoms with Crippen molar-refractivity contribution in [2.45, 2.75) is 25.7 Å². The maximum Gasteiger partial charge on any atom is 0.374 e. The van der Waals surface area contributed by atoms with Crippen LogP contribution >= 0.6 is 0 Å². The fourth-order valence-electron chi connectivity index (χ4n) is 3.53. The van der Waals surface area contributed by atoms with Gasteiger partial charge in [0.25, 0.3) is 0 Å². The lowest BCUT2D eigenvalue weighted by atomic mass is 10.2. The number of carbonyl (C=O) groups is 1. The fourth-order valence-corrected chi connectivity index (χ4v) is 3.53. The van der Waals surface area contributed by atoms with E-state index in [1.165, 1.54) is 11.8 Å². The first-order chi connectivity index (χ1) is 14.7. The Morgan fingerprint density at radius 2 is 2.03 bits per heavy atom. The number of carbonyl (C=O) groups excluding carboxylic acids is 1. The number of esters is 1. The number of likely N-dealkylation sites (tertiary alicyclic amines) is 1. The lowest BCUT2D eigenvalue weighted by molar-refractivity contribution is 0.0281. The van der Waals surface area contributed by atoms with Crippen molar-refractivity contribution in [2.24, 2.45) is 0 Å². The monoisotopic (exact) mass is 402 g/mol. The highest BCUT2D eigenvalue weighted by atomic mass is 16.6. The van der Waals surface area contributed by atoms with Crippen LogP contribution in [0.1, 0.15) is 33.7 Å². The summed E-state index contributed by atoms with van der Waals surface area (Å²) in [5, 5.41) is 8.98. The Balaban J connectivity index is 1.31. The van der Waals surface area contributed by atoms with Gasteiger partial charge in [0.1, 0.15) is 18.5 Å². The first-order valence-electron chi connectivity index (χ1n) is 9.88. The van der Waals surface area contributed by atoms with Crippen LogP contribution in [0.5, 0.6) is 5.75 Å². The molecule has 1 fully saturated rings. The highest BCUT2D eigenvalue weighted by Crippen LogP contribution is 2.21. The average molecular weight is 402 g/mol. The molecule has 2 aromatic carbocycles. The van der Waals surface area contributed by atoms with Gasteiger partial charge < -0.3 is 13.9 Å². The maximum absolute atomic E-state index is 12.6. The summed E-state index contributed by atoms with van der Waals surface area (Å²) in [6.07, 6.45) is 2.09. The normalized spacial score (nSPS) is 16.2. The molecule has 6 heteroatoms. The molecule has 4 rings (SSSR count). The molecule has 2 heterocycles. The van der Waals surface area contributed by atoms with E-state index in [-0.39, 0.29) is 18.5 Å². The number of nitrogens with zero attached hydrogens (tertiary/aromatic N) is 2. The van der Waals surface area contributed by atoms with E-state index < -0.39 is 5.97 Å². The lowest BCUT2D eigenvalue weighted by Gasteiger charge is -2.16. The van der Waals surface area contributed by atoms with E-state index in [4.69, 9.17) is 19.2 Å². The first kappa shape index (κ1) is 19.7. The molecule has 0 radical (unpaired) electrons. The third kappa shape index (κ3) is 4.88. The van der Waals surface area contributed by atoms with Crippen molar-refractivity contribution in [3.63, 3.8) is 0 Å². The maximum atomic E-state index is 12.6. The van der Waals surface area contributed by atoms with Crippen LogP contribution in [0.25, 0.3) is 0 Å². The van der Waals surface area contributed by atoms with Crippen molar-refractivity contribution in [3.8, 4) is 11.8 Å². The van der Waals surface area contributed by atoms with E-state index in [1.807, 2.05) is 18.2 Å². The molecule has 0 spiro atoms. The minimum atomic E-state index is -0.476. The Bertz CT molecular complexity index is 1040. The number of hydrogen-bond donors (Lipinski definition) is 0. The number of benzene rings is 2. The summed E-state index contributed by atoms with van der Waals surface area (Å²) in [4.78, 5) is 14.9. The van der Waals surface area contributed by atoms with Crippen molar-refractivity contribution in [1.82, 2.24) is 4.90 Å². The minimum absolute atomic E-state index is 0.153. The van der Waals surface area contributed by atoms with Gasteiger partial charge in [0.2, 0.25) is 5.76 Å². The highest BCUT2D eigenvalue weighted by Gasteiger charge is 2.28. The molecule has 1 aliphatic heterocycles. The molecule has 1 aliphatic rings.